The number of carbonyl (C=O) groups is 1. The molecule has 0 aliphatic heterocycles. The lowest BCUT2D eigenvalue weighted by Crippen LogP contribution is -2.31. The highest BCUT2D eigenvalue weighted by Gasteiger charge is 2.12. The van der Waals surface area contributed by atoms with E-state index in [0.717, 1.165) is 5.69 Å². The van der Waals surface area contributed by atoms with Crippen LogP contribution >= 0.6 is 0 Å². The summed E-state index contributed by atoms with van der Waals surface area (Å²) >= 11 is 0. The van der Waals surface area contributed by atoms with Crippen LogP contribution in [0.3, 0.4) is 0 Å². The van der Waals surface area contributed by atoms with Crippen LogP contribution in [0.15, 0.2) is 42.7 Å². The zero-order chi connectivity index (χ0) is 14.4. The third-order valence-electron chi connectivity index (χ3n) is 2.69. The molecule has 0 saturated heterocycles. The fourth-order valence-corrected chi connectivity index (χ4v) is 1.71. The molecule has 0 bridgehead atoms. The van der Waals surface area contributed by atoms with Gasteiger partial charge in [0.05, 0.1) is 18.8 Å². The highest BCUT2D eigenvalue weighted by molar-refractivity contribution is 5.90. The Hall–Kier alpha value is -2.63. The molecule has 2 rings (SSSR count). The molecule has 2 amide bonds. The summed E-state index contributed by atoms with van der Waals surface area (Å²) in [5.74, 6) is 0.369. The molecule has 0 aliphatic carbocycles. The largest absolute Gasteiger partial charge is 0.480 e. The molecule has 0 fully saturated rings. The topological polar surface area (TPSA) is 76.1 Å². The second kappa shape index (κ2) is 6.51. The first kappa shape index (κ1) is 13.8. The minimum absolute atomic E-state index is 0.195. The first-order valence-electron chi connectivity index (χ1n) is 6.18. The van der Waals surface area contributed by atoms with Crippen molar-refractivity contribution in [3.63, 3.8) is 0 Å². The van der Waals surface area contributed by atoms with Crippen LogP contribution < -0.4 is 15.4 Å². The molecule has 0 aromatic carbocycles. The van der Waals surface area contributed by atoms with Crippen molar-refractivity contribution in [1.29, 1.82) is 0 Å². The van der Waals surface area contributed by atoms with Crippen LogP contribution in [0, 0.1) is 0 Å². The van der Waals surface area contributed by atoms with E-state index in [-0.39, 0.29) is 12.1 Å². The number of hydrogen-bond acceptors (Lipinski definition) is 4. The molecule has 1 atom stereocenters. The second-order valence-corrected chi connectivity index (χ2v) is 4.13. The summed E-state index contributed by atoms with van der Waals surface area (Å²) in [6.07, 6.45) is 3.29. The van der Waals surface area contributed by atoms with E-state index >= 15 is 0 Å². The lowest BCUT2D eigenvalue weighted by atomic mass is 10.2. The molecule has 2 N–H and O–H groups in total. The van der Waals surface area contributed by atoms with E-state index < -0.39 is 0 Å². The fraction of sp³-hybridized carbons (Fsp3) is 0.214. The average Bonchev–Trinajstić information content (AvgIpc) is 2.48. The SMILES string of the molecule is COc1ncccc1NC(=O)N[C@@H](C)c1ccccn1. The van der Waals surface area contributed by atoms with Gasteiger partial charge in [0.15, 0.2) is 0 Å². The maximum absolute atomic E-state index is 11.9. The zero-order valence-electron chi connectivity index (χ0n) is 11.3. The summed E-state index contributed by atoms with van der Waals surface area (Å²) in [4.78, 5) is 20.1. The Balaban J connectivity index is 1.99. The lowest BCUT2D eigenvalue weighted by Gasteiger charge is -2.14. The zero-order valence-corrected chi connectivity index (χ0v) is 11.3. The van der Waals surface area contributed by atoms with Crippen LogP contribution in [0.2, 0.25) is 0 Å². The molecular formula is C14H16N4O2. The van der Waals surface area contributed by atoms with Crippen molar-refractivity contribution in [2.24, 2.45) is 0 Å². The van der Waals surface area contributed by atoms with E-state index in [1.54, 1.807) is 24.5 Å². The summed E-state index contributed by atoms with van der Waals surface area (Å²) in [7, 11) is 1.50. The van der Waals surface area contributed by atoms with Crippen molar-refractivity contribution in [1.82, 2.24) is 15.3 Å². The summed E-state index contributed by atoms with van der Waals surface area (Å²) in [5.41, 5.74) is 1.31. The molecule has 2 heterocycles. The van der Waals surface area contributed by atoms with E-state index in [1.807, 2.05) is 25.1 Å². The van der Waals surface area contributed by atoms with E-state index in [0.29, 0.717) is 11.6 Å². The molecule has 0 spiro atoms. The Morgan fingerprint density at radius 2 is 2.00 bits per heavy atom. The summed E-state index contributed by atoms with van der Waals surface area (Å²) < 4.78 is 5.07. The van der Waals surface area contributed by atoms with Crippen LogP contribution in [0.4, 0.5) is 10.5 Å². The van der Waals surface area contributed by atoms with Gasteiger partial charge in [0.1, 0.15) is 5.69 Å². The monoisotopic (exact) mass is 272 g/mol. The van der Waals surface area contributed by atoms with Gasteiger partial charge in [-0.3, -0.25) is 4.98 Å². The van der Waals surface area contributed by atoms with E-state index in [1.165, 1.54) is 7.11 Å². The van der Waals surface area contributed by atoms with Gasteiger partial charge in [0.25, 0.3) is 0 Å². The van der Waals surface area contributed by atoms with Crippen molar-refractivity contribution in [2.45, 2.75) is 13.0 Å². The van der Waals surface area contributed by atoms with Crippen LogP contribution in [0.5, 0.6) is 5.88 Å². The normalized spacial score (nSPS) is 11.5. The second-order valence-electron chi connectivity index (χ2n) is 4.13. The van der Waals surface area contributed by atoms with Crippen molar-refractivity contribution < 1.29 is 9.53 Å². The fourth-order valence-electron chi connectivity index (χ4n) is 1.71. The maximum atomic E-state index is 11.9. The average molecular weight is 272 g/mol. The minimum Gasteiger partial charge on any atom is -0.480 e. The first-order valence-corrected chi connectivity index (χ1v) is 6.18. The van der Waals surface area contributed by atoms with Gasteiger partial charge in [-0.2, -0.15) is 0 Å². The number of aromatic nitrogens is 2. The van der Waals surface area contributed by atoms with Crippen LogP contribution in [-0.4, -0.2) is 23.1 Å². The van der Waals surface area contributed by atoms with Crippen molar-refractivity contribution in [3.8, 4) is 5.88 Å². The Labute approximate surface area is 117 Å². The Kier molecular flexibility index (Phi) is 4.49. The smallest absolute Gasteiger partial charge is 0.319 e. The standard InChI is InChI=1S/C14H16N4O2/c1-10(11-6-3-4-8-15-11)17-14(19)18-12-7-5-9-16-13(12)20-2/h3-10H,1-2H3,(H2,17,18,19)/t10-/m0/s1. The molecule has 2 aromatic rings. The van der Waals surface area contributed by atoms with E-state index in [9.17, 15) is 4.79 Å². The van der Waals surface area contributed by atoms with Gasteiger partial charge >= 0.3 is 6.03 Å². The molecule has 104 valence electrons. The van der Waals surface area contributed by atoms with E-state index in [4.69, 9.17) is 4.74 Å². The van der Waals surface area contributed by atoms with Crippen LogP contribution in [0.1, 0.15) is 18.7 Å². The quantitative estimate of drug-likeness (QED) is 0.895. The number of amides is 2. The Morgan fingerprint density at radius 1 is 1.20 bits per heavy atom. The van der Waals surface area contributed by atoms with E-state index in [2.05, 4.69) is 20.6 Å². The first-order chi connectivity index (χ1) is 9.70. The third-order valence-corrected chi connectivity index (χ3v) is 2.69. The van der Waals surface area contributed by atoms with Crippen molar-refractivity contribution in [3.05, 3.63) is 48.4 Å². The number of nitrogens with zero attached hydrogens (tertiary/aromatic N) is 2. The molecule has 20 heavy (non-hydrogen) atoms. The molecule has 0 aliphatic rings. The van der Waals surface area contributed by atoms with Gasteiger partial charge in [-0.15, -0.1) is 0 Å². The van der Waals surface area contributed by atoms with Gasteiger partial charge in [0.2, 0.25) is 5.88 Å². The summed E-state index contributed by atoms with van der Waals surface area (Å²) in [5, 5.41) is 5.50. The molecular weight excluding hydrogens is 256 g/mol. The number of carbonyl (C=O) groups excluding carboxylic acids is 1. The number of nitrogens with one attached hydrogen (secondary N) is 2. The lowest BCUT2D eigenvalue weighted by molar-refractivity contribution is 0.249. The predicted octanol–water partition coefficient (Wildman–Crippen LogP) is 2.37. The number of rotatable bonds is 4. The van der Waals surface area contributed by atoms with Gasteiger partial charge < -0.3 is 15.4 Å². The number of anilines is 1. The third kappa shape index (κ3) is 3.44. The molecule has 0 saturated carbocycles. The number of pyridine rings is 2. The highest BCUT2D eigenvalue weighted by atomic mass is 16.5. The minimum atomic E-state index is -0.338. The van der Waals surface area contributed by atoms with Gasteiger partial charge in [-0.05, 0) is 31.2 Å². The number of ether oxygens (including phenoxy) is 1. The van der Waals surface area contributed by atoms with Gasteiger partial charge in [-0.1, -0.05) is 6.07 Å². The Morgan fingerprint density at radius 3 is 2.70 bits per heavy atom. The van der Waals surface area contributed by atoms with Gasteiger partial charge in [-0.25, -0.2) is 9.78 Å². The van der Waals surface area contributed by atoms with Crippen molar-refractivity contribution >= 4 is 11.7 Å². The summed E-state index contributed by atoms with van der Waals surface area (Å²) in [6.45, 7) is 1.86. The van der Waals surface area contributed by atoms with Gasteiger partial charge in [0, 0.05) is 12.4 Å². The van der Waals surface area contributed by atoms with Crippen LogP contribution in [-0.2, 0) is 0 Å². The maximum Gasteiger partial charge on any atom is 0.319 e. The van der Waals surface area contributed by atoms with Crippen molar-refractivity contribution in [2.75, 3.05) is 12.4 Å². The molecule has 6 heteroatoms. The molecule has 0 unspecified atom stereocenters. The molecule has 0 radical (unpaired) electrons. The molecule has 2 aromatic heterocycles. The molecule has 6 nitrogen and oxygen atoms in total. The Bertz CT molecular complexity index is 574. The highest BCUT2D eigenvalue weighted by Crippen LogP contribution is 2.19. The number of urea groups is 1. The van der Waals surface area contributed by atoms with Crippen LogP contribution in [0.25, 0.3) is 0 Å². The number of hydrogen-bond donors (Lipinski definition) is 2. The predicted molar refractivity (Wildman–Crippen MR) is 75.6 cm³/mol. The number of methoxy groups -OCH3 is 1. The summed E-state index contributed by atoms with van der Waals surface area (Å²) in [6, 6.07) is 8.47.